The van der Waals surface area contributed by atoms with Crippen LogP contribution in [0.2, 0.25) is 0 Å². The van der Waals surface area contributed by atoms with Gasteiger partial charge in [-0.1, -0.05) is 17.3 Å². The van der Waals surface area contributed by atoms with Gasteiger partial charge in [0.1, 0.15) is 22.2 Å². The second-order valence-corrected chi connectivity index (χ2v) is 7.76. The molecule has 0 spiro atoms. The van der Waals surface area contributed by atoms with Crippen LogP contribution in [0.15, 0.2) is 45.8 Å². The zero-order chi connectivity index (χ0) is 20.6. The molecule has 1 aromatic heterocycles. The zero-order valence-corrected chi connectivity index (χ0v) is 14.9. The Labute approximate surface area is 156 Å². The Morgan fingerprint density at radius 1 is 1.11 bits per heavy atom. The topological polar surface area (TPSA) is 84.0 Å². The summed E-state index contributed by atoms with van der Waals surface area (Å²) in [6.07, 6.45) is -2.53. The van der Waals surface area contributed by atoms with Crippen molar-refractivity contribution in [2.45, 2.75) is 11.3 Å². The standard InChI is InChI=1S/C18H10F4N2O3S/c1-28(25,26)17-12(19)6-11(7-13(17)20)14-15(24-27-16(14)18(21)22)10-4-2-3-9(5-10)8-23/h2-7,18H,1H3. The van der Waals surface area contributed by atoms with Crippen LogP contribution in [0.25, 0.3) is 22.4 Å². The number of aromatic nitrogens is 1. The molecule has 0 fully saturated rings. The van der Waals surface area contributed by atoms with Crippen LogP contribution < -0.4 is 0 Å². The zero-order valence-electron chi connectivity index (χ0n) is 14.1. The van der Waals surface area contributed by atoms with E-state index in [9.17, 15) is 26.0 Å². The third-order valence-corrected chi connectivity index (χ3v) is 4.97. The molecule has 10 heteroatoms. The number of nitrogens with zero attached hydrogens (tertiary/aromatic N) is 2. The van der Waals surface area contributed by atoms with E-state index in [4.69, 9.17) is 5.26 Å². The largest absolute Gasteiger partial charge is 0.354 e. The van der Waals surface area contributed by atoms with Crippen molar-refractivity contribution >= 4 is 9.84 Å². The Hall–Kier alpha value is -3.19. The van der Waals surface area contributed by atoms with Gasteiger partial charge in [0.25, 0.3) is 6.43 Å². The Morgan fingerprint density at radius 3 is 2.29 bits per heavy atom. The minimum atomic E-state index is -4.22. The van der Waals surface area contributed by atoms with E-state index >= 15 is 0 Å². The van der Waals surface area contributed by atoms with Crippen molar-refractivity contribution in [1.82, 2.24) is 5.16 Å². The maximum atomic E-state index is 14.3. The summed E-state index contributed by atoms with van der Waals surface area (Å²) in [5.74, 6) is -3.81. The first-order valence-corrected chi connectivity index (χ1v) is 9.50. The molecule has 3 aromatic rings. The number of rotatable bonds is 4. The summed E-state index contributed by atoms with van der Waals surface area (Å²) in [7, 11) is -4.22. The van der Waals surface area contributed by atoms with Crippen LogP contribution in [-0.4, -0.2) is 19.8 Å². The highest BCUT2D eigenvalue weighted by Crippen LogP contribution is 2.40. The number of benzene rings is 2. The SMILES string of the molecule is CS(=O)(=O)c1c(F)cc(-c2c(-c3cccc(C#N)c3)noc2C(F)F)cc1F. The quantitative estimate of drug-likeness (QED) is 0.592. The molecule has 0 saturated carbocycles. The summed E-state index contributed by atoms with van der Waals surface area (Å²) in [6, 6.07) is 8.86. The van der Waals surface area contributed by atoms with Gasteiger partial charge in [0.15, 0.2) is 9.84 Å². The summed E-state index contributed by atoms with van der Waals surface area (Å²) in [6.45, 7) is 0. The van der Waals surface area contributed by atoms with Gasteiger partial charge in [-0.25, -0.2) is 26.0 Å². The fraction of sp³-hybridized carbons (Fsp3) is 0.111. The Kier molecular flexibility index (Phi) is 4.95. The fourth-order valence-corrected chi connectivity index (χ4v) is 3.55. The van der Waals surface area contributed by atoms with Crippen LogP contribution >= 0.6 is 0 Å². The molecule has 0 saturated heterocycles. The second-order valence-electron chi connectivity index (χ2n) is 5.80. The summed E-state index contributed by atoms with van der Waals surface area (Å²) in [5, 5.41) is 12.6. The lowest BCUT2D eigenvalue weighted by Crippen LogP contribution is -2.05. The molecule has 0 amide bonds. The first-order chi connectivity index (χ1) is 13.1. The van der Waals surface area contributed by atoms with Crippen molar-refractivity contribution < 1.29 is 30.5 Å². The van der Waals surface area contributed by atoms with Gasteiger partial charge in [-0.15, -0.1) is 0 Å². The Morgan fingerprint density at radius 2 is 1.75 bits per heavy atom. The molecule has 0 atom stereocenters. The lowest BCUT2D eigenvalue weighted by molar-refractivity contribution is 0.113. The van der Waals surface area contributed by atoms with Crippen LogP contribution in [-0.2, 0) is 9.84 Å². The van der Waals surface area contributed by atoms with Crippen LogP contribution in [0.1, 0.15) is 17.7 Å². The molecule has 144 valence electrons. The smallest absolute Gasteiger partial charge is 0.298 e. The number of sulfone groups is 1. The van der Waals surface area contributed by atoms with E-state index in [0.717, 1.165) is 0 Å². The van der Waals surface area contributed by atoms with Gasteiger partial charge < -0.3 is 4.52 Å². The van der Waals surface area contributed by atoms with Gasteiger partial charge in [-0.3, -0.25) is 0 Å². The molecule has 0 unspecified atom stereocenters. The minimum absolute atomic E-state index is 0.168. The lowest BCUT2D eigenvalue weighted by Gasteiger charge is -2.08. The molecular formula is C18H10F4N2O3S. The van der Waals surface area contributed by atoms with Gasteiger partial charge in [0.05, 0.1) is 17.2 Å². The molecule has 0 aliphatic carbocycles. The molecular weight excluding hydrogens is 400 g/mol. The molecule has 5 nitrogen and oxygen atoms in total. The van der Waals surface area contributed by atoms with Crippen LogP contribution in [0, 0.1) is 23.0 Å². The Balaban J connectivity index is 2.30. The van der Waals surface area contributed by atoms with Gasteiger partial charge in [0, 0.05) is 11.8 Å². The van der Waals surface area contributed by atoms with Gasteiger partial charge in [-0.2, -0.15) is 5.26 Å². The van der Waals surface area contributed by atoms with Crippen molar-refractivity contribution in [2.24, 2.45) is 0 Å². The molecule has 0 aliphatic rings. The lowest BCUT2D eigenvalue weighted by atomic mass is 9.98. The molecule has 0 aliphatic heterocycles. The van der Waals surface area contributed by atoms with Crippen molar-refractivity contribution in [2.75, 3.05) is 6.26 Å². The molecule has 0 radical (unpaired) electrons. The first-order valence-electron chi connectivity index (χ1n) is 7.61. The summed E-state index contributed by atoms with van der Waals surface area (Å²) in [4.78, 5) is -1.17. The second kappa shape index (κ2) is 7.09. The molecule has 1 heterocycles. The van der Waals surface area contributed by atoms with E-state index in [1.807, 2.05) is 6.07 Å². The number of hydrogen-bond acceptors (Lipinski definition) is 5. The first kappa shape index (κ1) is 19.6. The van der Waals surface area contributed by atoms with Crippen molar-refractivity contribution in [1.29, 1.82) is 5.26 Å². The van der Waals surface area contributed by atoms with E-state index in [1.165, 1.54) is 24.3 Å². The minimum Gasteiger partial charge on any atom is -0.354 e. The highest BCUT2D eigenvalue weighted by atomic mass is 32.2. The van der Waals surface area contributed by atoms with E-state index in [0.29, 0.717) is 18.4 Å². The summed E-state index contributed by atoms with van der Waals surface area (Å²) in [5.41, 5.74) is -0.537. The maximum absolute atomic E-state index is 14.3. The van der Waals surface area contributed by atoms with Gasteiger partial charge in [0.2, 0.25) is 5.76 Å². The van der Waals surface area contributed by atoms with Crippen LogP contribution in [0.5, 0.6) is 0 Å². The molecule has 0 bridgehead atoms. The monoisotopic (exact) mass is 410 g/mol. The van der Waals surface area contributed by atoms with E-state index in [1.54, 1.807) is 0 Å². The molecule has 2 aromatic carbocycles. The summed E-state index contributed by atoms with van der Waals surface area (Å²) < 4.78 is 83.1. The molecule has 0 N–H and O–H groups in total. The fourth-order valence-electron chi connectivity index (χ4n) is 2.72. The summed E-state index contributed by atoms with van der Waals surface area (Å²) >= 11 is 0. The highest BCUT2D eigenvalue weighted by Gasteiger charge is 2.29. The number of halogens is 4. The average molecular weight is 410 g/mol. The maximum Gasteiger partial charge on any atom is 0.298 e. The van der Waals surface area contributed by atoms with E-state index < -0.39 is 44.1 Å². The average Bonchev–Trinajstić information content (AvgIpc) is 3.05. The predicted octanol–water partition coefficient (Wildman–Crippen LogP) is 4.50. The van der Waals surface area contributed by atoms with Crippen molar-refractivity contribution in [3.05, 3.63) is 59.4 Å². The van der Waals surface area contributed by atoms with Gasteiger partial charge in [-0.05, 0) is 29.8 Å². The van der Waals surface area contributed by atoms with E-state index in [2.05, 4.69) is 9.68 Å². The van der Waals surface area contributed by atoms with Crippen LogP contribution in [0.3, 0.4) is 0 Å². The third-order valence-electron chi connectivity index (χ3n) is 3.84. The Bertz CT molecular complexity index is 1190. The normalized spacial score (nSPS) is 11.6. The highest BCUT2D eigenvalue weighted by molar-refractivity contribution is 7.90. The van der Waals surface area contributed by atoms with Crippen LogP contribution in [0.4, 0.5) is 17.6 Å². The van der Waals surface area contributed by atoms with Crippen molar-refractivity contribution in [3.8, 4) is 28.5 Å². The van der Waals surface area contributed by atoms with E-state index in [-0.39, 0.29) is 22.4 Å². The number of nitriles is 1. The molecule has 3 rings (SSSR count). The van der Waals surface area contributed by atoms with Gasteiger partial charge >= 0.3 is 0 Å². The molecule has 28 heavy (non-hydrogen) atoms. The number of hydrogen-bond donors (Lipinski definition) is 0. The predicted molar refractivity (Wildman–Crippen MR) is 90.1 cm³/mol. The third kappa shape index (κ3) is 3.48. The van der Waals surface area contributed by atoms with Crippen molar-refractivity contribution in [3.63, 3.8) is 0 Å². The number of alkyl halides is 2.